The highest BCUT2D eigenvalue weighted by Crippen LogP contribution is 2.46. The molecule has 4 nitrogen and oxygen atoms in total. The van der Waals surface area contributed by atoms with Gasteiger partial charge in [0.05, 0.1) is 14.2 Å². The fourth-order valence-corrected chi connectivity index (χ4v) is 2.77. The number of alkyl halides is 5. The van der Waals surface area contributed by atoms with Gasteiger partial charge < -0.3 is 14.4 Å². The van der Waals surface area contributed by atoms with Gasteiger partial charge >= 0.3 is 12.1 Å². The van der Waals surface area contributed by atoms with Crippen molar-refractivity contribution >= 4 is 5.91 Å². The van der Waals surface area contributed by atoms with Gasteiger partial charge in [-0.05, 0) is 24.1 Å². The Morgan fingerprint density at radius 1 is 1.17 bits per heavy atom. The van der Waals surface area contributed by atoms with Crippen molar-refractivity contribution in [1.29, 1.82) is 0 Å². The summed E-state index contributed by atoms with van der Waals surface area (Å²) in [5.41, 5.74) is -0.173. The van der Waals surface area contributed by atoms with Gasteiger partial charge in [0.25, 0.3) is 5.92 Å². The van der Waals surface area contributed by atoms with Crippen molar-refractivity contribution in [1.82, 2.24) is 4.90 Å². The van der Waals surface area contributed by atoms with Gasteiger partial charge in [-0.1, -0.05) is 0 Å². The van der Waals surface area contributed by atoms with E-state index < -0.39 is 37.0 Å². The van der Waals surface area contributed by atoms with E-state index in [1.807, 2.05) is 0 Å². The Kier molecular flexibility index (Phi) is 4.91. The number of hydrogen-bond donors (Lipinski definition) is 0. The Morgan fingerprint density at radius 2 is 1.71 bits per heavy atom. The fraction of sp³-hybridized carbons (Fsp3) is 0.533. The molecule has 24 heavy (non-hydrogen) atoms. The van der Waals surface area contributed by atoms with Crippen LogP contribution in [-0.4, -0.2) is 43.7 Å². The zero-order chi connectivity index (χ0) is 18.1. The van der Waals surface area contributed by atoms with E-state index in [2.05, 4.69) is 0 Å². The Labute approximate surface area is 135 Å². The first kappa shape index (κ1) is 18.3. The number of rotatable bonds is 3. The lowest BCUT2D eigenvalue weighted by Gasteiger charge is -2.41. The van der Waals surface area contributed by atoms with E-state index in [1.165, 1.54) is 32.4 Å². The molecule has 1 aliphatic rings. The normalized spacial score (nSPS) is 20.6. The molecule has 0 N–H and O–H groups in total. The van der Waals surface area contributed by atoms with Crippen LogP contribution in [0.25, 0.3) is 0 Å². The number of likely N-dealkylation sites (tertiary alicyclic amines) is 1. The Balaban J connectivity index is 2.54. The predicted octanol–water partition coefficient (Wildman–Crippen LogP) is 3.56. The van der Waals surface area contributed by atoms with Crippen LogP contribution in [0.15, 0.2) is 18.2 Å². The predicted molar refractivity (Wildman–Crippen MR) is 74.2 cm³/mol. The highest BCUT2D eigenvalue weighted by atomic mass is 19.4. The molecule has 1 atom stereocenters. The first-order chi connectivity index (χ1) is 11.1. The number of methoxy groups -OCH3 is 2. The van der Waals surface area contributed by atoms with Crippen LogP contribution in [0.4, 0.5) is 22.0 Å². The summed E-state index contributed by atoms with van der Waals surface area (Å²) in [5, 5.41) is 0. The zero-order valence-corrected chi connectivity index (χ0v) is 13.0. The van der Waals surface area contributed by atoms with Crippen LogP contribution in [0.5, 0.6) is 11.5 Å². The molecule has 1 fully saturated rings. The highest BCUT2D eigenvalue weighted by molar-refractivity contribution is 5.82. The smallest absolute Gasteiger partial charge is 0.471 e. The standard InChI is InChI=1S/C15H16F5NO3/c1-23-10-6-9(7-11(8-10)24-2)12-14(16,17)4-3-5-21(12)13(22)15(18,19)20/h6-8,12H,3-5H2,1-2H3. The second-order valence-corrected chi connectivity index (χ2v) is 5.41. The van der Waals surface area contributed by atoms with Gasteiger partial charge in [-0.2, -0.15) is 13.2 Å². The first-order valence-corrected chi connectivity index (χ1v) is 7.08. The number of amides is 1. The average Bonchev–Trinajstić information content (AvgIpc) is 2.51. The summed E-state index contributed by atoms with van der Waals surface area (Å²) in [7, 11) is 2.58. The van der Waals surface area contributed by atoms with Crippen LogP contribution in [0, 0.1) is 0 Å². The minimum atomic E-state index is -5.23. The van der Waals surface area contributed by atoms with E-state index in [0.717, 1.165) is 0 Å². The molecule has 0 aromatic heterocycles. The molecule has 9 heteroatoms. The van der Waals surface area contributed by atoms with E-state index in [0.29, 0.717) is 0 Å². The van der Waals surface area contributed by atoms with E-state index in [9.17, 15) is 26.7 Å². The van der Waals surface area contributed by atoms with Crippen LogP contribution in [0.1, 0.15) is 24.4 Å². The lowest BCUT2D eigenvalue weighted by atomic mass is 9.91. The number of carbonyl (C=O) groups is 1. The Morgan fingerprint density at radius 3 is 2.17 bits per heavy atom. The molecule has 1 aromatic rings. The van der Waals surface area contributed by atoms with E-state index in [1.54, 1.807) is 0 Å². The molecule has 1 heterocycles. The average molecular weight is 353 g/mol. The Hall–Kier alpha value is -2.06. The molecular formula is C15H16F5NO3. The molecule has 2 rings (SSSR count). The monoisotopic (exact) mass is 353 g/mol. The maximum Gasteiger partial charge on any atom is 0.471 e. The summed E-state index contributed by atoms with van der Waals surface area (Å²) in [4.78, 5) is 11.8. The number of ether oxygens (including phenoxy) is 2. The highest BCUT2D eigenvalue weighted by Gasteiger charge is 2.54. The van der Waals surface area contributed by atoms with E-state index in [-0.39, 0.29) is 28.4 Å². The van der Waals surface area contributed by atoms with Gasteiger partial charge in [-0.15, -0.1) is 0 Å². The number of nitrogens with zero attached hydrogens (tertiary/aromatic N) is 1. The number of carbonyl (C=O) groups excluding carboxylic acids is 1. The molecule has 0 bridgehead atoms. The molecule has 1 saturated heterocycles. The topological polar surface area (TPSA) is 38.8 Å². The lowest BCUT2D eigenvalue weighted by molar-refractivity contribution is -0.201. The lowest BCUT2D eigenvalue weighted by Crippen LogP contribution is -2.52. The van der Waals surface area contributed by atoms with Crippen molar-refractivity contribution < 1.29 is 36.2 Å². The van der Waals surface area contributed by atoms with Crippen molar-refractivity contribution in [3.63, 3.8) is 0 Å². The molecule has 0 spiro atoms. The van der Waals surface area contributed by atoms with Crippen LogP contribution in [0.2, 0.25) is 0 Å². The van der Waals surface area contributed by atoms with Crippen molar-refractivity contribution in [2.24, 2.45) is 0 Å². The third-order valence-corrected chi connectivity index (χ3v) is 3.81. The number of halogens is 5. The molecule has 134 valence electrons. The Bertz CT molecular complexity index is 595. The van der Waals surface area contributed by atoms with Gasteiger partial charge in [0, 0.05) is 19.0 Å². The fourth-order valence-electron chi connectivity index (χ4n) is 2.77. The van der Waals surface area contributed by atoms with Gasteiger partial charge in [-0.25, -0.2) is 8.78 Å². The summed E-state index contributed by atoms with van der Waals surface area (Å²) in [6.45, 7) is -0.405. The van der Waals surface area contributed by atoms with E-state index >= 15 is 0 Å². The SMILES string of the molecule is COc1cc(OC)cc(C2N(C(=O)C(F)(F)F)CCCC2(F)F)c1. The summed E-state index contributed by atoms with van der Waals surface area (Å²) in [6.07, 6.45) is -6.06. The summed E-state index contributed by atoms with van der Waals surface area (Å²) >= 11 is 0. The summed E-state index contributed by atoms with van der Waals surface area (Å²) in [6, 6.07) is 1.73. The van der Waals surface area contributed by atoms with Crippen molar-refractivity contribution in [2.75, 3.05) is 20.8 Å². The first-order valence-electron chi connectivity index (χ1n) is 7.08. The minimum absolute atomic E-state index is 0.144. The quantitative estimate of drug-likeness (QED) is 0.780. The second-order valence-electron chi connectivity index (χ2n) is 5.41. The second kappa shape index (κ2) is 6.45. The van der Waals surface area contributed by atoms with Crippen LogP contribution in [-0.2, 0) is 4.79 Å². The van der Waals surface area contributed by atoms with Crippen molar-refractivity contribution in [3.05, 3.63) is 23.8 Å². The van der Waals surface area contributed by atoms with Gasteiger partial charge in [-0.3, -0.25) is 4.79 Å². The maximum atomic E-state index is 14.4. The van der Waals surface area contributed by atoms with E-state index in [4.69, 9.17) is 9.47 Å². The van der Waals surface area contributed by atoms with Crippen LogP contribution >= 0.6 is 0 Å². The molecule has 1 aromatic carbocycles. The van der Waals surface area contributed by atoms with Gasteiger partial charge in [0.15, 0.2) is 0 Å². The molecular weight excluding hydrogens is 337 g/mol. The van der Waals surface area contributed by atoms with Gasteiger partial charge in [0.2, 0.25) is 0 Å². The number of benzene rings is 1. The molecule has 0 saturated carbocycles. The molecule has 1 unspecified atom stereocenters. The molecule has 1 aliphatic heterocycles. The van der Waals surface area contributed by atoms with Crippen LogP contribution in [0.3, 0.4) is 0 Å². The third kappa shape index (κ3) is 3.54. The number of piperidine rings is 1. The largest absolute Gasteiger partial charge is 0.497 e. The third-order valence-electron chi connectivity index (χ3n) is 3.81. The van der Waals surface area contributed by atoms with Crippen molar-refractivity contribution in [3.8, 4) is 11.5 Å². The maximum absolute atomic E-state index is 14.4. The number of hydrogen-bond acceptors (Lipinski definition) is 3. The minimum Gasteiger partial charge on any atom is -0.497 e. The molecule has 1 amide bonds. The summed E-state index contributed by atoms with van der Waals surface area (Å²) in [5.74, 6) is -5.50. The molecule has 0 aliphatic carbocycles. The van der Waals surface area contributed by atoms with Crippen LogP contribution < -0.4 is 9.47 Å². The molecule has 0 radical (unpaired) electrons. The van der Waals surface area contributed by atoms with Gasteiger partial charge in [0.1, 0.15) is 17.5 Å². The zero-order valence-electron chi connectivity index (χ0n) is 13.0. The van der Waals surface area contributed by atoms with Crippen molar-refractivity contribution in [2.45, 2.75) is 31.0 Å². The summed E-state index contributed by atoms with van der Waals surface area (Å²) < 4.78 is 77.0.